The lowest BCUT2D eigenvalue weighted by atomic mass is 10.1. The van der Waals surface area contributed by atoms with Crippen molar-refractivity contribution in [3.8, 4) is 0 Å². The van der Waals surface area contributed by atoms with Gasteiger partial charge in [-0.2, -0.15) is 13.2 Å². The van der Waals surface area contributed by atoms with Crippen LogP contribution in [0.15, 0.2) is 22.7 Å². The summed E-state index contributed by atoms with van der Waals surface area (Å²) in [7, 11) is 0. The van der Waals surface area contributed by atoms with Crippen molar-refractivity contribution in [2.24, 2.45) is 0 Å². The Morgan fingerprint density at radius 1 is 1.33 bits per heavy atom. The van der Waals surface area contributed by atoms with E-state index in [9.17, 15) is 18.3 Å². The minimum Gasteiger partial charge on any atom is -0.392 e. The van der Waals surface area contributed by atoms with Crippen LogP contribution in [0.5, 0.6) is 0 Å². The second kappa shape index (κ2) is 5.09. The molecule has 6 heteroatoms. The molecule has 1 fully saturated rings. The van der Waals surface area contributed by atoms with Crippen LogP contribution in [0.1, 0.15) is 18.4 Å². The number of hydrogen-bond acceptors (Lipinski definition) is 2. The second-order valence-electron chi connectivity index (χ2n) is 4.41. The zero-order chi connectivity index (χ0) is 13.3. The third-order valence-corrected chi connectivity index (χ3v) is 3.35. The van der Waals surface area contributed by atoms with Crippen LogP contribution in [0.2, 0.25) is 0 Å². The lowest BCUT2D eigenvalue weighted by Crippen LogP contribution is -2.36. The average Bonchev–Trinajstić information content (AvgIpc) is 3.08. The Balaban J connectivity index is 2.30. The van der Waals surface area contributed by atoms with Crippen LogP contribution in [0.3, 0.4) is 0 Å². The van der Waals surface area contributed by atoms with Gasteiger partial charge in [-0.25, -0.2) is 0 Å². The molecular formula is C12H13BrF3NO. The maximum Gasteiger partial charge on any atom is 0.405 e. The van der Waals surface area contributed by atoms with Crippen LogP contribution in [0.4, 0.5) is 18.9 Å². The first-order chi connectivity index (χ1) is 8.40. The van der Waals surface area contributed by atoms with Gasteiger partial charge in [0, 0.05) is 21.8 Å². The number of halogens is 4. The van der Waals surface area contributed by atoms with Crippen molar-refractivity contribution in [1.29, 1.82) is 0 Å². The minimum atomic E-state index is -4.23. The summed E-state index contributed by atoms with van der Waals surface area (Å²) in [5, 5.41) is 9.26. The summed E-state index contributed by atoms with van der Waals surface area (Å²) in [4.78, 5) is 1.35. The van der Waals surface area contributed by atoms with Gasteiger partial charge in [0.1, 0.15) is 6.54 Å². The molecule has 0 aliphatic heterocycles. The molecule has 2 rings (SSSR count). The molecule has 2 nitrogen and oxygen atoms in total. The Morgan fingerprint density at radius 3 is 2.50 bits per heavy atom. The molecule has 0 saturated heterocycles. The van der Waals surface area contributed by atoms with Crippen LogP contribution < -0.4 is 4.90 Å². The monoisotopic (exact) mass is 323 g/mol. The highest BCUT2D eigenvalue weighted by Crippen LogP contribution is 2.36. The van der Waals surface area contributed by atoms with Gasteiger partial charge in [0.05, 0.1) is 6.61 Å². The molecule has 1 N–H and O–H groups in total. The number of anilines is 1. The van der Waals surface area contributed by atoms with Crippen LogP contribution in [0, 0.1) is 0 Å². The molecule has 0 spiro atoms. The molecule has 1 saturated carbocycles. The predicted molar refractivity (Wildman–Crippen MR) is 66.5 cm³/mol. The topological polar surface area (TPSA) is 23.5 Å². The first-order valence-corrected chi connectivity index (χ1v) is 6.42. The number of aliphatic hydroxyl groups excluding tert-OH is 1. The van der Waals surface area contributed by atoms with Crippen LogP contribution in [0.25, 0.3) is 0 Å². The Morgan fingerprint density at radius 2 is 2.00 bits per heavy atom. The van der Waals surface area contributed by atoms with E-state index in [1.165, 1.54) is 4.90 Å². The van der Waals surface area contributed by atoms with Gasteiger partial charge in [-0.05, 0) is 31.0 Å². The van der Waals surface area contributed by atoms with E-state index in [4.69, 9.17) is 0 Å². The summed E-state index contributed by atoms with van der Waals surface area (Å²) in [5.74, 6) is 0. The molecule has 1 aromatic rings. The second-order valence-corrected chi connectivity index (χ2v) is 5.32. The standard InChI is InChI=1S/C12H13BrF3NO/c13-9-1-4-11(8(5-9)6-18)17(10-2-3-10)7-12(14,15)16/h1,4-5,10,18H,2-3,6-7H2. The van der Waals surface area contributed by atoms with Crippen molar-refractivity contribution in [3.05, 3.63) is 28.2 Å². The van der Waals surface area contributed by atoms with E-state index < -0.39 is 12.7 Å². The summed E-state index contributed by atoms with van der Waals surface area (Å²) >= 11 is 3.25. The normalized spacial score (nSPS) is 15.8. The number of nitrogens with zero attached hydrogens (tertiary/aromatic N) is 1. The zero-order valence-electron chi connectivity index (χ0n) is 9.54. The van der Waals surface area contributed by atoms with E-state index in [1.807, 2.05) is 0 Å². The van der Waals surface area contributed by atoms with Crippen molar-refractivity contribution >= 4 is 21.6 Å². The van der Waals surface area contributed by atoms with Gasteiger partial charge in [0.15, 0.2) is 0 Å². The SMILES string of the molecule is OCc1cc(Br)ccc1N(CC(F)(F)F)C1CC1. The quantitative estimate of drug-likeness (QED) is 0.917. The van der Waals surface area contributed by atoms with Gasteiger partial charge in [0.25, 0.3) is 0 Å². The van der Waals surface area contributed by atoms with E-state index in [1.54, 1.807) is 18.2 Å². The third-order valence-electron chi connectivity index (χ3n) is 2.86. The van der Waals surface area contributed by atoms with Crippen LogP contribution in [-0.2, 0) is 6.61 Å². The smallest absolute Gasteiger partial charge is 0.392 e. The van der Waals surface area contributed by atoms with Crippen LogP contribution in [-0.4, -0.2) is 23.9 Å². The Labute approximate surface area is 112 Å². The van der Waals surface area contributed by atoms with E-state index in [2.05, 4.69) is 15.9 Å². The molecule has 0 unspecified atom stereocenters. The molecule has 1 aromatic carbocycles. The Hall–Kier alpha value is -0.750. The number of alkyl halides is 3. The maximum absolute atomic E-state index is 12.6. The molecule has 0 atom stereocenters. The van der Waals surface area contributed by atoms with Gasteiger partial charge in [0.2, 0.25) is 0 Å². The van der Waals surface area contributed by atoms with Gasteiger partial charge in [-0.3, -0.25) is 0 Å². The van der Waals surface area contributed by atoms with E-state index in [-0.39, 0.29) is 12.6 Å². The van der Waals surface area contributed by atoms with Crippen molar-refractivity contribution in [3.63, 3.8) is 0 Å². The van der Waals surface area contributed by atoms with Crippen molar-refractivity contribution in [2.45, 2.75) is 31.7 Å². The molecule has 0 amide bonds. The molecule has 0 heterocycles. The lowest BCUT2D eigenvalue weighted by molar-refractivity contribution is -0.120. The fourth-order valence-corrected chi connectivity index (χ4v) is 2.36. The first kappa shape index (κ1) is 13.7. The molecule has 0 aromatic heterocycles. The van der Waals surface area contributed by atoms with Gasteiger partial charge >= 0.3 is 6.18 Å². The van der Waals surface area contributed by atoms with Crippen LogP contribution >= 0.6 is 15.9 Å². The Kier molecular flexibility index (Phi) is 3.87. The molecular weight excluding hydrogens is 311 g/mol. The minimum absolute atomic E-state index is 0.0573. The Bertz CT molecular complexity index is 432. The number of rotatable bonds is 4. The van der Waals surface area contributed by atoms with Gasteiger partial charge < -0.3 is 10.0 Å². The summed E-state index contributed by atoms with van der Waals surface area (Å²) < 4.78 is 38.5. The molecule has 0 bridgehead atoms. The third kappa shape index (κ3) is 3.38. The highest BCUT2D eigenvalue weighted by Gasteiger charge is 2.38. The first-order valence-electron chi connectivity index (χ1n) is 5.63. The largest absolute Gasteiger partial charge is 0.405 e. The molecule has 1 aliphatic rings. The molecule has 100 valence electrons. The number of benzene rings is 1. The highest BCUT2D eigenvalue weighted by atomic mass is 79.9. The number of aliphatic hydroxyl groups is 1. The molecule has 0 radical (unpaired) electrons. The fraction of sp³-hybridized carbons (Fsp3) is 0.500. The summed E-state index contributed by atoms with van der Waals surface area (Å²) in [6, 6.07) is 4.92. The number of hydrogen-bond donors (Lipinski definition) is 1. The van der Waals surface area contributed by atoms with E-state index >= 15 is 0 Å². The highest BCUT2D eigenvalue weighted by molar-refractivity contribution is 9.10. The van der Waals surface area contributed by atoms with E-state index in [0.717, 1.165) is 17.3 Å². The lowest BCUT2D eigenvalue weighted by Gasteiger charge is -2.27. The molecule has 1 aliphatic carbocycles. The zero-order valence-corrected chi connectivity index (χ0v) is 11.1. The van der Waals surface area contributed by atoms with Gasteiger partial charge in [-0.1, -0.05) is 15.9 Å². The summed E-state index contributed by atoms with van der Waals surface area (Å²) in [5.41, 5.74) is 0.987. The molecule has 18 heavy (non-hydrogen) atoms. The maximum atomic E-state index is 12.6. The fourth-order valence-electron chi connectivity index (χ4n) is 1.95. The summed E-state index contributed by atoms with van der Waals surface area (Å²) in [6.45, 7) is -1.23. The predicted octanol–water partition coefficient (Wildman–Crippen LogP) is 3.47. The summed E-state index contributed by atoms with van der Waals surface area (Å²) in [6.07, 6.45) is -2.68. The van der Waals surface area contributed by atoms with E-state index in [0.29, 0.717) is 11.3 Å². The van der Waals surface area contributed by atoms with Crippen molar-refractivity contribution in [1.82, 2.24) is 0 Å². The van der Waals surface area contributed by atoms with Crippen molar-refractivity contribution < 1.29 is 18.3 Å². The van der Waals surface area contributed by atoms with Crippen molar-refractivity contribution in [2.75, 3.05) is 11.4 Å². The van der Waals surface area contributed by atoms with Gasteiger partial charge in [-0.15, -0.1) is 0 Å². The average molecular weight is 324 g/mol.